The van der Waals surface area contributed by atoms with Gasteiger partial charge in [-0.1, -0.05) is 30.3 Å². The number of carbonyl (C=O) groups is 2. The molecule has 0 bridgehead atoms. The molecule has 0 radical (unpaired) electrons. The maximum atomic E-state index is 12.7. The first-order valence-corrected chi connectivity index (χ1v) is 11.9. The molecule has 0 aliphatic heterocycles. The third-order valence-corrected chi connectivity index (χ3v) is 6.15. The van der Waals surface area contributed by atoms with Crippen molar-refractivity contribution in [2.75, 3.05) is 7.05 Å². The third-order valence-electron chi connectivity index (χ3n) is 5.13. The molecule has 0 fully saturated rings. The van der Waals surface area contributed by atoms with Crippen LogP contribution in [0.4, 0.5) is 0 Å². The molecular weight excluding hydrogens is 462 g/mol. The number of thiazole rings is 1. The number of benzene rings is 2. The number of esters is 1. The Hall–Kier alpha value is -4.04. The largest absolute Gasteiger partial charge is 0.487 e. The first-order valence-electron chi connectivity index (χ1n) is 11.1. The third kappa shape index (κ3) is 6.74. The van der Waals surface area contributed by atoms with Gasteiger partial charge in [0.25, 0.3) is 5.91 Å². The van der Waals surface area contributed by atoms with Crippen molar-refractivity contribution in [1.82, 2.24) is 14.9 Å². The highest BCUT2D eigenvalue weighted by Gasteiger charge is 2.21. The number of para-hydroxylation sites is 1. The molecular formula is C27H25N3O4S. The van der Waals surface area contributed by atoms with Crippen LogP contribution in [0.15, 0.2) is 79.0 Å². The molecule has 178 valence electrons. The molecule has 1 unspecified atom stereocenters. The van der Waals surface area contributed by atoms with Crippen molar-refractivity contribution in [2.45, 2.75) is 26.2 Å². The van der Waals surface area contributed by atoms with Crippen LogP contribution in [0.5, 0.6) is 5.75 Å². The molecule has 4 aromatic rings. The minimum atomic E-state index is -0.908. The normalized spacial score (nSPS) is 11.9. The Kier molecular flexibility index (Phi) is 7.84. The van der Waals surface area contributed by atoms with Crippen LogP contribution < -0.4 is 4.74 Å². The van der Waals surface area contributed by atoms with E-state index in [9.17, 15) is 9.59 Å². The van der Waals surface area contributed by atoms with Gasteiger partial charge >= 0.3 is 5.97 Å². The van der Waals surface area contributed by atoms with Gasteiger partial charge in [-0.05, 0) is 55.0 Å². The number of rotatable bonds is 9. The van der Waals surface area contributed by atoms with Crippen molar-refractivity contribution in [3.63, 3.8) is 0 Å². The second kappa shape index (κ2) is 11.4. The van der Waals surface area contributed by atoms with E-state index < -0.39 is 12.1 Å². The van der Waals surface area contributed by atoms with E-state index in [-0.39, 0.29) is 5.91 Å². The van der Waals surface area contributed by atoms with Gasteiger partial charge in [-0.3, -0.25) is 9.78 Å². The fourth-order valence-electron chi connectivity index (χ4n) is 3.32. The summed E-state index contributed by atoms with van der Waals surface area (Å²) in [7, 11) is 1.67. The number of hydrogen-bond donors (Lipinski definition) is 0. The van der Waals surface area contributed by atoms with Crippen LogP contribution in [-0.4, -0.2) is 39.9 Å². The number of aromatic nitrogens is 2. The topological polar surface area (TPSA) is 81.6 Å². The lowest BCUT2D eigenvalue weighted by Crippen LogP contribution is -2.36. The molecule has 1 amide bonds. The van der Waals surface area contributed by atoms with E-state index in [4.69, 9.17) is 9.47 Å². The zero-order valence-corrected chi connectivity index (χ0v) is 20.3. The lowest BCUT2D eigenvalue weighted by Gasteiger charge is -2.20. The predicted molar refractivity (Wildman–Crippen MR) is 136 cm³/mol. The summed E-state index contributed by atoms with van der Waals surface area (Å²) in [5.41, 5.74) is 2.55. The van der Waals surface area contributed by atoms with Gasteiger partial charge in [0.2, 0.25) is 0 Å². The number of pyridine rings is 1. The van der Waals surface area contributed by atoms with Gasteiger partial charge in [0.1, 0.15) is 17.4 Å². The average Bonchev–Trinajstić information content (AvgIpc) is 3.29. The Morgan fingerprint density at radius 1 is 1.06 bits per heavy atom. The summed E-state index contributed by atoms with van der Waals surface area (Å²) in [5, 5.41) is 0.827. The van der Waals surface area contributed by atoms with Gasteiger partial charge in [0.15, 0.2) is 6.10 Å². The lowest BCUT2D eigenvalue weighted by atomic mass is 10.2. The number of ether oxygens (including phenoxy) is 2. The van der Waals surface area contributed by atoms with Gasteiger partial charge in [0.05, 0.1) is 22.5 Å². The van der Waals surface area contributed by atoms with Crippen molar-refractivity contribution in [1.29, 1.82) is 0 Å². The Morgan fingerprint density at radius 3 is 2.57 bits per heavy atom. The van der Waals surface area contributed by atoms with E-state index in [0.29, 0.717) is 18.9 Å². The summed E-state index contributed by atoms with van der Waals surface area (Å²) in [6.07, 6.45) is 3.75. The minimum Gasteiger partial charge on any atom is -0.487 e. The summed E-state index contributed by atoms with van der Waals surface area (Å²) >= 11 is 1.54. The molecule has 8 heteroatoms. The summed E-state index contributed by atoms with van der Waals surface area (Å²) in [6.45, 7) is 2.29. The molecule has 2 heterocycles. The molecule has 0 saturated heterocycles. The number of fused-ring (bicyclic) bond motifs is 1. The number of likely N-dealkylation sites (N-methyl/N-ethyl adjacent to an activating group) is 1. The number of carbonyl (C=O) groups excluding carboxylic acids is 2. The highest BCUT2D eigenvalue weighted by atomic mass is 32.1. The van der Waals surface area contributed by atoms with E-state index in [1.165, 1.54) is 11.0 Å². The molecule has 2 aromatic carbocycles. The standard InChI is InChI=1S/C27H25N3O4S/c1-19(27(32)30(2)17-25-29-23-8-3-4-9-24(23)35-25)34-26(31)15-12-20-10-13-22(14-11-20)33-18-21-7-5-6-16-28-21/h3-16,19H,17-18H2,1-2H3/b15-12+. The molecule has 4 rings (SSSR count). The fraction of sp³-hybridized carbons (Fsp3) is 0.185. The quantitative estimate of drug-likeness (QED) is 0.247. The zero-order chi connectivity index (χ0) is 24.6. The average molecular weight is 488 g/mol. The SMILES string of the molecule is CC(OC(=O)/C=C/c1ccc(OCc2ccccn2)cc1)C(=O)N(C)Cc1nc2ccccc2s1. The highest BCUT2D eigenvalue weighted by molar-refractivity contribution is 7.18. The molecule has 1 atom stereocenters. The first kappa shape index (κ1) is 24.1. The van der Waals surface area contributed by atoms with Crippen molar-refractivity contribution in [3.05, 3.63) is 95.3 Å². The number of amides is 1. The van der Waals surface area contributed by atoms with Crippen LogP contribution in [0.25, 0.3) is 16.3 Å². The second-order valence-corrected chi connectivity index (χ2v) is 8.98. The van der Waals surface area contributed by atoms with Crippen molar-refractivity contribution >= 4 is 39.5 Å². The van der Waals surface area contributed by atoms with Crippen LogP contribution in [0.1, 0.15) is 23.2 Å². The van der Waals surface area contributed by atoms with Gasteiger partial charge in [-0.2, -0.15) is 0 Å². The van der Waals surface area contributed by atoms with E-state index in [1.54, 1.807) is 37.6 Å². The molecule has 0 spiro atoms. The van der Waals surface area contributed by atoms with Gasteiger partial charge in [-0.15, -0.1) is 11.3 Å². The molecule has 7 nitrogen and oxygen atoms in total. The highest BCUT2D eigenvalue weighted by Crippen LogP contribution is 2.22. The summed E-state index contributed by atoms with van der Waals surface area (Å²) in [5.74, 6) is -0.180. The summed E-state index contributed by atoms with van der Waals surface area (Å²) in [4.78, 5) is 35.2. The Morgan fingerprint density at radius 2 is 1.83 bits per heavy atom. The Labute approximate surface area is 207 Å². The van der Waals surface area contributed by atoms with Gasteiger partial charge in [0, 0.05) is 19.3 Å². The first-order chi connectivity index (χ1) is 17.0. The van der Waals surface area contributed by atoms with Crippen LogP contribution in [-0.2, 0) is 27.5 Å². The van der Waals surface area contributed by atoms with E-state index >= 15 is 0 Å². The molecule has 0 saturated carbocycles. The summed E-state index contributed by atoms with van der Waals surface area (Å²) in [6, 6.07) is 20.8. The maximum Gasteiger partial charge on any atom is 0.331 e. The molecule has 2 aromatic heterocycles. The van der Waals surface area contributed by atoms with Crippen molar-refractivity contribution in [3.8, 4) is 5.75 Å². The smallest absolute Gasteiger partial charge is 0.331 e. The van der Waals surface area contributed by atoms with Crippen LogP contribution in [0, 0.1) is 0 Å². The van der Waals surface area contributed by atoms with Crippen LogP contribution in [0.3, 0.4) is 0 Å². The van der Waals surface area contributed by atoms with E-state index in [1.807, 2.05) is 66.7 Å². The lowest BCUT2D eigenvalue weighted by molar-refractivity contribution is -0.154. The maximum absolute atomic E-state index is 12.7. The summed E-state index contributed by atoms with van der Waals surface area (Å²) < 4.78 is 12.1. The monoisotopic (exact) mass is 487 g/mol. The van der Waals surface area contributed by atoms with E-state index in [0.717, 1.165) is 26.5 Å². The molecule has 0 N–H and O–H groups in total. The Bertz CT molecular complexity index is 1290. The zero-order valence-electron chi connectivity index (χ0n) is 19.5. The van der Waals surface area contributed by atoms with Crippen molar-refractivity contribution in [2.24, 2.45) is 0 Å². The van der Waals surface area contributed by atoms with Gasteiger partial charge < -0.3 is 14.4 Å². The van der Waals surface area contributed by atoms with Crippen molar-refractivity contribution < 1.29 is 19.1 Å². The second-order valence-electron chi connectivity index (χ2n) is 7.86. The molecule has 35 heavy (non-hydrogen) atoms. The van der Waals surface area contributed by atoms with Crippen LogP contribution >= 0.6 is 11.3 Å². The van der Waals surface area contributed by atoms with E-state index in [2.05, 4.69) is 9.97 Å². The number of hydrogen-bond acceptors (Lipinski definition) is 7. The van der Waals surface area contributed by atoms with Gasteiger partial charge in [-0.25, -0.2) is 9.78 Å². The van der Waals surface area contributed by atoms with Crippen LogP contribution in [0.2, 0.25) is 0 Å². The minimum absolute atomic E-state index is 0.291. The number of nitrogens with zero attached hydrogens (tertiary/aromatic N) is 3. The molecule has 0 aliphatic carbocycles. The predicted octanol–water partition coefficient (Wildman–Crippen LogP) is 4.87. The fourth-order valence-corrected chi connectivity index (χ4v) is 4.34. The molecule has 0 aliphatic rings. The Balaban J connectivity index is 1.25.